The standard InChI is InChI=1S/C22H14ClF3N8O2/c23-14-5-11(18-13(16-7-28-10-36-16)8-34-19(18)20(27)30-9-31-34)1-2-15(14)32-21(35)33-17-6-12(3-4-29-17)22(24,25)26/h1-10H,(H2,27,30,31)(H2,29,32,33,35). The van der Waals surface area contributed by atoms with E-state index in [0.717, 1.165) is 18.3 Å². The molecule has 10 nitrogen and oxygen atoms in total. The number of fused-ring (bicyclic) bond motifs is 1. The number of nitrogens with zero attached hydrogens (tertiary/aromatic N) is 5. The molecule has 14 heteroatoms. The largest absolute Gasteiger partial charge is 0.443 e. The summed E-state index contributed by atoms with van der Waals surface area (Å²) >= 11 is 6.43. The van der Waals surface area contributed by atoms with Crippen LogP contribution in [-0.2, 0) is 6.18 Å². The molecule has 4 aromatic heterocycles. The van der Waals surface area contributed by atoms with Crippen molar-refractivity contribution in [2.24, 2.45) is 0 Å². The molecule has 0 atom stereocenters. The summed E-state index contributed by atoms with van der Waals surface area (Å²) < 4.78 is 45.7. The Balaban J connectivity index is 1.45. The van der Waals surface area contributed by atoms with Crippen LogP contribution in [0.5, 0.6) is 0 Å². The van der Waals surface area contributed by atoms with Gasteiger partial charge in [-0.3, -0.25) is 5.32 Å². The van der Waals surface area contributed by atoms with E-state index in [9.17, 15) is 18.0 Å². The van der Waals surface area contributed by atoms with E-state index >= 15 is 0 Å². The highest BCUT2D eigenvalue weighted by molar-refractivity contribution is 6.34. The number of hydrogen-bond donors (Lipinski definition) is 3. The maximum atomic E-state index is 12.9. The third-order valence-corrected chi connectivity index (χ3v) is 5.45. The second-order valence-corrected chi connectivity index (χ2v) is 7.83. The van der Waals surface area contributed by atoms with E-state index in [1.807, 2.05) is 0 Å². The first kappa shape index (κ1) is 23.1. The number of anilines is 3. The molecule has 4 N–H and O–H groups in total. The Morgan fingerprint density at radius 2 is 1.97 bits per heavy atom. The molecule has 5 aromatic rings. The molecule has 5 rings (SSSR count). The van der Waals surface area contributed by atoms with Crippen LogP contribution < -0.4 is 16.4 Å². The molecule has 0 aliphatic heterocycles. The van der Waals surface area contributed by atoms with E-state index in [1.165, 1.54) is 25.0 Å². The van der Waals surface area contributed by atoms with Gasteiger partial charge in [-0.15, -0.1) is 0 Å². The van der Waals surface area contributed by atoms with Crippen molar-refractivity contribution in [1.29, 1.82) is 0 Å². The SMILES string of the molecule is Nc1ncnn2cc(-c3cnco3)c(-c3ccc(NC(=O)Nc4cc(C(F)(F)F)ccn4)c(Cl)c3)c12. The Kier molecular flexibility index (Phi) is 5.68. The zero-order valence-electron chi connectivity index (χ0n) is 17.9. The number of pyridine rings is 1. The molecule has 0 saturated carbocycles. The fourth-order valence-corrected chi connectivity index (χ4v) is 3.81. The minimum Gasteiger partial charge on any atom is -0.443 e. The van der Waals surface area contributed by atoms with Gasteiger partial charge in [-0.25, -0.2) is 24.3 Å². The number of aromatic nitrogens is 5. The molecule has 2 amide bonds. The van der Waals surface area contributed by atoms with Crippen LogP contribution in [0.2, 0.25) is 5.02 Å². The second-order valence-electron chi connectivity index (χ2n) is 7.42. The predicted octanol–water partition coefficient (Wildman–Crippen LogP) is 5.34. The number of halogens is 4. The summed E-state index contributed by atoms with van der Waals surface area (Å²) in [6.45, 7) is 0. The van der Waals surface area contributed by atoms with Gasteiger partial charge in [-0.1, -0.05) is 17.7 Å². The Morgan fingerprint density at radius 1 is 1.14 bits per heavy atom. The van der Waals surface area contributed by atoms with Crippen LogP contribution in [0.25, 0.3) is 28.0 Å². The maximum absolute atomic E-state index is 12.9. The molecule has 0 radical (unpaired) electrons. The molecule has 36 heavy (non-hydrogen) atoms. The lowest BCUT2D eigenvalue weighted by molar-refractivity contribution is -0.137. The fourth-order valence-electron chi connectivity index (χ4n) is 3.58. The molecule has 4 heterocycles. The number of carbonyl (C=O) groups excluding carboxylic acids is 1. The van der Waals surface area contributed by atoms with Crippen molar-refractivity contribution in [3.63, 3.8) is 0 Å². The first-order valence-electron chi connectivity index (χ1n) is 10.1. The number of hydrogen-bond acceptors (Lipinski definition) is 7. The molecular formula is C22H14ClF3N8O2. The maximum Gasteiger partial charge on any atom is 0.416 e. The highest BCUT2D eigenvalue weighted by Gasteiger charge is 2.31. The first-order valence-corrected chi connectivity index (χ1v) is 10.5. The van der Waals surface area contributed by atoms with Crippen molar-refractivity contribution < 1.29 is 22.4 Å². The van der Waals surface area contributed by atoms with Crippen molar-refractivity contribution >= 4 is 40.5 Å². The van der Waals surface area contributed by atoms with Crippen molar-refractivity contribution in [2.75, 3.05) is 16.4 Å². The predicted molar refractivity (Wildman–Crippen MR) is 125 cm³/mol. The number of benzene rings is 1. The molecule has 0 aliphatic rings. The van der Waals surface area contributed by atoms with E-state index in [0.29, 0.717) is 28.0 Å². The highest BCUT2D eigenvalue weighted by atomic mass is 35.5. The topological polar surface area (TPSA) is 136 Å². The van der Waals surface area contributed by atoms with Gasteiger partial charge in [-0.05, 0) is 29.8 Å². The lowest BCUT2D eigenvalue weighted by atomic mass is 10.0. The van der Waals surface area contributed by atoms with E-state index in [1.54, 1.807) is 22.8 Å². The number of rotatable bonds is 4. The third kappa shape index (κ3) is 4.38. The number of oxazole rings is 1. The lowest BCUT2D eigenvalue weighted by Gasteiger charge is -2.12. The van der Waals surface area contributed by atoms with E-state index in [2.05, 4.69) is 30.7 Å². The molecule has 0 bridgehead atoms. The Bertz CT molecular complexity index is 1580. The van der Waals surface area contributed by atoms with Gasteiger partial charge in [0.1, 0.15) is 17.7 Å². The van der Waals surface area contributed by atoms with E-state index in [4.69, 9.17) is 21.8 Å². The van der Waals surface area contributed by atoms with E-state index < -0.39 is 17.8 Å². The average Bonchev–Trinajstić information content (AvgIpc) is 3.48. The molecule has 182 valence electrons. The molecule has 0 fully saturated rings. The average molecular weight is 515 g/mol. The van der Waals surface area contributed by atoms with Gasteiger partial charge in [0.15, 0.2) is 18.0 Å². The number of urea groups is 1. The lowest BCUT2D eigenvalue weighted by Crippen LogP contribution is -2.20. The number of alkyl halides is 3. The van der Waals surface area contributed by atoms with Gasteiger partial charge in [0.05, 0.1) is 22.5 Å². The van der Waals surface area contributed by atoms with Crippen LogP contribution in [0, 0.1) is 0 Å². The zero-order chi connectivity index (χ0) is 25.4. The quantitative estimate of drug-likeness (QED) is 0.294. The number of nitrogen functional groups attached to an aromatic ring is 1. The monoisotopic (exact) mass is 514 g/mol. The van der Waals surface area contributed by atoms with Crippen molar-refractivity contribution in [2.45, 2.75) is 6.18 Å². The van der Waals surface area contributed by atoms with Crippen molar-refractivity contribution in [3.8, 4) is 22.5 Å². The Labute approximate surface area is 204 Å². The number of carbonyl (C=O) groups is 1. The summed E-state index contributed by atoms with van der Waals surface area (Å²) in [6.07, 6.45) is 2.22. The van der Waals surface area contributed by atoms with Crippen LogP contribution in [0.15, 0.2) is 66.1 Å². The fraction of sp³-hybridized carbons (Fsp3) is 0.0455. The zero-order valence-corrected chi connectivity index (χ0v) is 18.7. The normalized spacial score (nSPS) is 11.6. The van der Waals surface area contributed by atoms with Gasteiger partial charge in [0.2, 0.25) is 0 Å². The minimum atomic E-state index is -4.57. The van der Waals surface area contributed by atoms with Crippen LogP contribution in [0.4, 0.5) is 35.3 Å². The van der Waals surface area contributed by atoms with Crippen LogP contribution >= 0.6 is 11.6 Å². The minimum absolute atomic E-state index is 0.151. The smallest absolute Gasteiger partial charge is 0.416 e. The second kappa shape index (κ2) is 8.85. The number of amides is 2. The van der Waals surface area contributed by atoms with E-state index in [-0.39, 0.29) is 22.3 Å². The first-order chi connectivity index (χ1) is 17.2. The number of nitrogens with two attached hydrogens (primary N) is 1. The summed E-state index contributed by atoms with van der Waals surface area (Å²) in [4.78, 5) is 24.1. The van der Waals surface area contributed by atoms with Crippen LogP contribution in [-0.4, -0.2) is 30.6 Å². The third-order valence-electron chi connectivity index (χ3n) is 5.13. The summed E-state index contributed by atoms with van der Waals surface area (Å²) in [5.41, 5.74) is 7.75. The number of nitrogens with one attached hydrogen (secondary N) is 2. The Hall–Kier alpha value is -4.65. The molecule has 0 spiro atoms. The summed E-state index contributed by atoms with van der Waals surface area (Å²) in [5, 5.41) is 9.09. The molecule has 1 aromatic carbocycles. The summed E-state index contributed by atoms with van der Waals surface area (Å²) in [6, 6.07) is 5.48. The van der Waals surface area contributed by atoms with Gasteiger partial charge < -0.3 is 15.5 Å². The van der Waals surface area contributed by atoms with Gasteiger partial charge in [-0.2, -0.15) is 18.3 Å². The van der Waals surface area contributed by atoms with Crippen molar-refractivity contribution in [3.05, 3.63) is 72.2 Å². The van der Waals surface area contributed by atoms with Crippen LogP contribution in [0.1, 0.15) is 5.56 Å². The summed E-state index contributed by atoms with van der Waals surface area (Å²) in [7, 11) is 0. The van der Waals surface area contributed by atoms with Crippen LogP contribution in [0.3, 0.4) is 0 Å². The Morgan fingerprint density at radius 3 is 2.69 bits per heavy atom. The molecule has 0 saturated heterocycles. The van der Waals surface area contributed by atoms with Crippen molar-refractivity contribution in [1.82, 2.24) is 24.6 Å². The van der Waals surface area contributed by atoms with Gasteiger partial charge in [0, 0.05) is 23.5 Å². The molecule has 0 unspecified atom stereocenters. The van der Waals surface area contributed by atoms with Gasteiger partial charge in [0.25, 0.3) is 0 Å². The molecular weight excluding hydrogens is 501 g/mol. The molecule has 0 aliphatic carbocycles. The highest BCUT2D eigenvalue weighted by Crippen LogP contribution is 2.40. The summed E-state index contributed by atoms with van der Waals surface area (Å²) in [5.74, 6) is 0.403. The van der Waals surface area contributed by atoms with Gasteiger partial charge >= 0.3 is 12.2 Å².